The van der Waals surface area contributed by atoms with E-state index in [2.05, 4.69) is 4.98 Å². The van der Waals surface area contributed by atoms with Crippen molar-refractivity contribution in [2.24, 2.45) is 0 Å². The van der Waals surface area contributed by atoms with Crippen LogP contribution in [0.4, 0.5) is 13.2 Å². The summed E-state index contributed by atoms with van der Waals surface area (Å²) in [6.45, 7) is 0. The van der Waals surface area contributed by atoms with E-state index in [9.17, 15) is 18.0 Å². The molecule has 1 aromatic heterocycles. The molecule has 0 aliphatic carbocycles. The lowest BCUT2D eigenvalue weighted by atomic mass is 10.0. The van der Waals surface area contributed by atoms with E-state index in [1.165, 1.54) is 36.5 Å². The summed E-state index contributed by atoms with van der Waals surface area (Å²) in [5.74, 6) is -0.776. The summed E-state index contributed by atoms with van der Waals surface area (Å²) >= 11 is 0. The number of rotatable bonds is 3. The lowest BCUT2D eigenvalue weighted by molar-refractivity contribution is -0.176. The average Bonchev–Trinajstić information content (AvgIpc) is 2.47. The molecule has 1 heterocycles. The lowest BCUT2D eigenvalue weighted by Gasteiger charge is -2.30. The van der Waals surface area contributed by atoms with Crippen LogP contribution >= 0.6 is 0 Å². The summed E-state index contributed by atoms with van der Waals surface area (Å²) in [5, 5.41) is 0. The number of hydrogen-bond acceptors (Lipinski definition) is 2. The molecule has 1 atom stereocenters. The Bertz CT molecular complexity index is 599. The van der Waals surface area contributed by atoms with Crippen molar-refractivity contribution in [1.29, 1.82) is 0 Å². The number of nitrogens with zero attached hydrogens (tertiary/aromatic N) is 2. The highest BCUT2D eigenvalue weighted by atomic mass is 19.4. The highest BCUT2D eigenvalue weighted by Crippen LogP contribution is 2.37. The first kappa shape index (κ1) is 15.0. The van der Waals surface area contributed by atoms with Crippen molar-refractivity contribution in [2.75, 3.05) is 7.05 Å². The topological polar surface area (TPSA) is 33.2 Å². The van der Waals surface area contributed by atoms with Crippen LogP contribution in [0.25, 0.3) is 0 Å². The molecule has 2 aromatic rings. The molecule has 1 aromatic carbocycles. The quantitative estimate of drug-likeness (QED) is 0.868. The monoisotopic (exact) mass is 294 g/mol. The number of carbonyl (C=O) groups excluding carboxylic acids is 1. The third-order valence-corrected chi connectivity index (χ3v) is 3.02. The van der Waals surface area contributed by atoms with Crippen LogP contribution in [0.1, 0.15) is 22.1 Å². The van der Waals surface area contributed by atoms with Crippen LogP contribution in [-0.2, 0) is 0 Å². The zero-order valence-electron chi connectivity index (χ0n) is 11.2. The molecule has 0 saturated heterocycles. The van der Waals surface area contributed by atoms with Gasteiger partial charge < -0.3 is 4.90 Å². The number of amides is 1. The smallest absolute Gasteiger partial charge is 0.324 e. The van der Waals surface area contributed by atoms with Gasteiger partial charge in [0.1, 0.15) is 5.69 Å². The minimum absolute atomic E-state index is 0.0109. The van der Waals surface area contributed by atoms with Crippen molar-refractivity contribution in [2.45, 2.75) is 12.2 Å². The summed E-state index contributed by atoms with van der Waals surface area (Å²) in [7, 11) is 1.13. The van der Waals surface area contributed by atoms with E-state index in [0.717, 1.165) is 7.05 Å². The fraction of sp³-hybridized carbons (Fsp3) is 0.200. The third kappa shape index (κ3) is 3.39. The second kappa shape index (κ2) is 5.95. The van der Waals surface area contributed by atoms with E-state index in [1.807, 2.05) is 0 Å². The highest BCUT2D eigenvalue weighted by Gasteiger charge is 2.45. The van der Waals surface area contributed by atoms with Gasteiger partial charge in [-0.3, -0.25) is 9.78 Å². The fourth-order valence-corrected chi connectivity index (χ4v) is 2.05. The zero-order valence-corrected chi connectivity index (χ0v) is 11.2. The average molecular weight is 294 g/mol. The van der Waals surface area contributed by atoms with Crippen molar-refractivity contribution in [1.82, 2.24) is 9.88 Å². The Hall–Kier alpha value is -2.37. The van der Waals surface area contributed by atoms with Crippen molar-refractivity contribution < 1.29 is 18.0 Å². The van der Waals surface area contributed by atoms with Gasteiger partial charge in [0.25, 0.3) is 5.91 Å². The van der Waals surface area contributed by atoms with E-state index in [4.69, 9.17) is 0 Å². The van der Waals surface area contributed by atoms with Crippen LogP contribution in [0, 0.1) is 0 Å². The van der Waals surface area contributed by atoms with Crippen LogP contribution in [-0.4, -0.2) is 29.0 Å². The predicted octanol–water partition coefficient (Wildman–Crippen LogP) is 3.46. The van der Waals surface area contributed by atoms with Gasteiger partial charge in [0.05, 0.1) is 0 Å². The molecule has 0 spiro atoms. The van der Waals surface area contributed by atoms with Crippen LogP contribution < -0.4 is 0 Å². The maximum absolute atomic E-state index is 13.3. The van der Waals surface area contributed by atoms with Gasteiger partial charge in [0.2, 0.25) is 0 Å². The van der Waals surface area contributed by atoms with E-state index in [0.29, 0.717) is 4.90 Å². The number of pyridine rings is 1. The van der Waals surface area contributed by atoms with Crippen molar-refractivity contribution in [3.8, 4) is 0 Å². The lowest BCUT2D eigenvalue weighted by Crippen LogP contribution is -2.40. The van der Waals surface area contributed by atoms with Gasteiger partial charge in [-0.1, -0.05) is 36.4 Å². The van der Waals surface area contributed by atoms with Crippen LogP contribution in [0.15, 0.2) is 54.7 Å². The highest BCUT2D eigenvalue weighted by molar-refractivity contribution is 5.92. The SMILES string of the molecule is CN(C(=O)c1ccccn1)[C@@H](c1ccccc1)C(F)(F)F. The van der Waals surface area contributed by atoms with Crippen molar-refractivity contribution >= 4 is 5.91 Å². The van der Waals surface area contributed by atoms with Crippen molar-refractivity contribution in [3.05, 3.63) is 66.0 Å². The fourth-order valence-electron chi connectivity index (χ4n) is 2.05. The predicted molar refractivity (Wildman–Crippen MR) is 71.6 cm³/mol. The summed E-state index contributed by atoms with van der Waals surface area (Å²) in [6.07, 6.45) is -3.20. The maximum atomic E-state index is 13.3. The Morgan fingerprint density at radius 3 is 2.24 bits per heavy atom. The molecule has 3 nitrogen and oxygen atoms in total. The Kier molecular flexibility index (Phi) is 4.26. The van der Waals surface area contributed by atoms with Gasteiger partial charge >= 0.3 is 6.18 Å². The van der Waals surface area contributed by atoms with Crippen LogP contribution in [0.5, 0.6) is 0 Å². The molecule has 2 rings (SSSR count). The molecule has 6 heteroatoms. The number of benzene rings is 1. The largest absolute Gasteiger partial charge is 0.413 e. The molecule has 0 aliphatic rings. The number of halogens is 3. The van der Waals surface area contributed by atoms with E-state index in [-0.39, 0.29) is 11.3 Å². The summed E-state index contributed by atoms with van der Waals surface area (Å²) in [4.78, 5) is 16.6. The Balaban J connectivity index is 2.36. The number of carbonyl (C=O) groups is 1. The molecule has 0 radical (unpaired) electrons. The number of aromatic nitrogens is 1. The van der Waals surface area contributed by atoms with E-state index >= 15 is 0 Å². The van der Waals surface area contributed by atoms with Gasteiger partial charge in [-0.15, -0.1) is 0 Å². The van der Waals surface area contributed by atoms with Gasteiger partial charge in [-0.05, 0) is 17.7 Å². The van der Waals surface area contributed by atoms with Gasteiger partial charge in [-0.25, -0.2) is 0 Å². The molecule has 0 N–H and O–H groups in total. The second-order valence-electron chi connectivity index (χ2n) is 4.49. The molecule has 0 bridgehead atoms. The van der Waals surface area contributed by atoms with Gasteiger partial charge in [0, 0.05) is 13.2 Å². The van der Waals surface area contributed by atoms with Crippen LogP contribution in [0.3, 0.4) is 0 Å². The standard InChI is InChI=1S/C15H13F3N2O/c1-20(14(21)12-9-5-6-10-19-12)13(15(16,17)18)11-7-3-2-4-8-11/h2-10,13H,1H3/t13-/m0/s1. The minimum atomic E-state index is -4.57. The molecule has 0 aliphatic heterocycles. The molecule has 21 heavy (non-hydrogen) atoms. The van der Waals surface area contributed by atoms with Gasteiger partial charge in [-0.2, -0.15) is 13.2 Å². The first-order valence-corrected chi connectivity index (χ1v) is 6.21. The first-order chi connectivity index (χ1) is 9.91. The van der Waals surface area contributed by atoms with E-state index < -0.39 is 18.1 Å². The number of alkyl halides is 3. The molecule has 1 amide bonds. The Morgan fingerprint density at radius 1 is 1.10 bits per heavy atom. The minimum Gasteiger partial charge on any atom is -0.324 e. The molecule has 0 fully saturated rings. The summed E-state index contributed by atoms with van der Waals surface area (Å²) in [5.41, 5.74) is -0.0121. The van der Waals surface area contributed by atoms with Gasteiger partial charge in [0.15, 0.2) is 6.04 Å². The van der Waals surface area contributed by atoms with E-state index in [1.54, 1.807) is 18.2 Å². The Labute approximate surface area is 120 Å². The second-order valence-corrected chi connectivity index (χ2v) is 4.49. The molecular formula is C15H13F3N2O. The first-order valence-electron chi connectivity index (χ1n) is 6.21. The number of hydrogen-bond donors (Lipinski definition) is 0. The van der Waals surface area contributed by atoms with Crippen molar-refractivity contribution in [3.63, 3.8) is 0 Å². The molecule has 0 saturated carbocycles. The third-order valence-electron chi connectivity index (χ3n) is 3.02. The molecular weight excluding hydrogens is 281 g/mol. The molecule has 110 valence electrons. The maximum Gasteiger partial charge on any atom is 0.413 e. The zero-order chi connectivity index (χ0) is 15.5. The summed E-state index contributed by atoms with van der Waals surface area (Å²) < 4.78 is 40.0. The molecule has 0 unspecified atom stereocenters. The Morgan fingerprint density at radius 2 is 1.71 bits per heavy atom. The normalized spacial score (nSPS) is 12.8. The summed E-state index contributed by atoms with van der Waals surface area (Å²) in [6, 6.07) is 9.86. The van der Waals surface area contributed by atoms with Crippen LogP contribution in [0.2, 0.25) is 0 Å².